The number of carbonyl (C=O) groups excluding carboxylic acids is 1. The SMILES string of the molecule is Cc1ccc(CN2CCC(=O)N(CC3CCCCC3)CC2)o1. The van der Waals surface area contributed by atoms with E-state index in [4.69, 9.17) is 4.42 Å². The lowest BCUT2D eigenvalue weighted by Crippen LogP contribution is -2.37. The van der Waals surface area contributed by atoms with Gasteiger partial charge in [-0.05, 0) is 37.8 Å². The van der Waals surface area contributed by atoms with Crippen LogP contribution in [0.3, 0.4) is 0 Å². The molecule has 1 amide bonds. The summed E-state index contributed by atoms with van der Waals surface area (Å²) in [4.78, 5) is 16.8. The molecule has 1 saturated carbocycles. The molecule has 0 spiro atoms. The van der Waals surface area contributed by atoms with Gasteiger partial charge in [-0.15, -0.1) is 0 Å². The molecule has 1 saturated heterocycles. The smallest absolute Gasteiger partial charge is 0.223 e. The quantitative estimate of drug-likeness (QED) is 0.857. The summed E-state index contributed by atoms with van der Waals surface area (Å²) in [7, 11) is 0. The standard InChI is InChI=1S/C18H28N2O2/c1-15-7-8-17(22-15)14-19-10-9-18(21)20(12-11-19)13-16-5-3-2-4-6-16/h7-8,16H,2-6,9-14H2,1H3. The van der Waals surface area contributed by atoms with Crippen LogP contribution in [0.1, 0.15) is 50.0 Å². The molecule has 2 fully saturated rings. The monoisotopic (exact) mass is 304 g/mol. The summed E-state index contributed by atoms with van der Waals surface area (Å²) in [6.45, 7) is 6.44. The molecule has 0 atom stereocenters. The molecule has 1 aliphatic heterocycles. The summed E-state index contributed by atoms with van der Waals surface area (Å²) in [6.07, 6.45) is 7.32. The highest BCUT2D eigenvalue weighted by atomic mass is 16.3. The number of aryl methyl sites for hydroxylation is 1. The van der Waals surface area contributed by atoms with Crippen LogP contribution in [0.4, 0.5) is 0 Å². The Morgan fingerprint density at radius 3 is 2.68 bits per heavy atom. The molecule has 1 aromatic rings. The fourth-order valence-corrected chi connectivity index (χ4v) is 3.73. The predicted octanol–water partition coefficient (Wildman–Crippen LogP) is 3.20. The second kappa shape index (κ2) is 7.32. The van der Waals surface area contributed by atoms with Crippen LogP contribution in [0.15, 0.2) is 16.5 Å². The summed E-state index contributed by atoms with van der Waals surface area (Å²) in [5.74, 6) is 3.03. The number of hydrogen-bond acceptors (Lipinski definition) is 3. The highest BCUT2D eigenvalue weighted by Gasteiger charge is 2.24. The van der Waals surface area contributed by atoms with Crippen LogP contribution in [0.25, 0.3) is 0 Å². The third kappa shape index (κ3) is 4.13. The molecule has 22 heavy (non-hydrogen) atoms. The zero-order valence-corrected chi connectivity index (χ0v) is 13.7. The van der Waals surface area contributed by atoms with Crippen molar-refractivity contribution in [3.8, 4) is 0 Å². The van der Waals surface area contributed by atoms with Crippen LogP contribution < -0.4 is 0 Å². The predicted molar refractivity (Wildman–Crippen MR) is 86.5 cm³/mol. The first kappa shape index (κ1) is 15.6. The van der Waals surface area contributed by atoms with Gasteiger partial charge in [-0.3, -0.25) is 9.69 Å². The minimum atomic E-state index is 0.337. The molecule has 2 heterocycles. The van der Waals surface area contributed by atoms with E-state index in [1.807, 2.05) is 19.1 Å². The first-order valence-corrected chi connectivity index (χ1v) is 8.76. The zero-order chi connectivity index (χ0) is 15.4. The third-order valence-electron chi connectivity index (χ3n) is 5.06. The molecule has 0 bridgehead atoms. The minimum Gasteiger partial charge on any atom is -0.465 e. The fourth-order valence-electron chi connectivity index (χ4n) is 3.73. The maximum absolute atomic E-state index is 12.4. The topological polar surface area (TPSA) is 36.7 Å². The van der Waals surface area contributed by atoms with E-state index >= 15 is 0 Å². The first-order valence-electron chi connectivity index (χ1n) is 8.76. The molecule has 3 rings (SSSR count). The van der Waals surface area contributed by atoms with E-state index in [9.17, 15) is 4.79 Å². The molecule has 0 N–H and O–H groups in total. The maximum Gasteiger partial charge on any atom is 0.223 e. The van der Waals surface area contributed by atoms with Crippen molar-refractivity contribution < 1.29 is 9.21 Å². The van der Waals surface area contributed by atoms with Gasteiger partial charge in [-0.25, -0.2) is 0 Å². The summed E-state index contributed by atoms with van der Waals surface area (Å²) in [5.41, 5.74) is 0. The molecule has 2 aliphatic rings. The number of amides is 1. The summed E-state index contributed by atoms with van der Waals surface area (Å²) in [5, 5.41) is 0. The van der Waals surface area contributed by atoms with Gasteiger partial charge in [-0.1, -0.05) is 19.3 Å². The van der Waals surface area contributed by atoms with Crippen LogP contribution in [-0.2, 0) is 11.3 Å². The Bertz CT molecular complexity index is 491. The van der Waals surface area contributed by atoms with Crippen molar-refractivity contribution in [3.05, 3.63) is 23.7 Å². The first-order chi connectivity index (χ1) is 10.7. The van der Waals surface area contributed by atoms with Crippen molar-refractivity contribution >= 4 is 5.91 Å². The lowest BCUT2D eigenvalue weighted by Gasteiger charge is -2.29. The number of carbonyl (C=O) groups is 1. The molecular formula is C18H28N2O2. The lowest BCUT2D eigenvalue weighted by molar-refractivity contribution is -0.131. The van der Waals surface area contributed by atoms with E-state index in [-0.39, 0.29) is 0 Å². The van der Waals surface area contributed by atoms with Gasteiger partial charge in [0, 0.05) is 32.6 Å². The van der Waals surface area contributed by atoms with Gasteiger partial charge in [0.1, 0.15) is 11.5 Å². The molecule has 122 valence electrons. The third-order valence-corrected chi connectivity index (χ3v) is 5.06. The molecular weight excluding hydrogens is 276 g/mol. The Balaban J connectivity index is 1.52. The van der Waals surface area contributed by atoms with E-state index in [1.54, 1.807) is 0 Å². The summed E-state index contributed by atoms with van der Waals surface area (Å²) >= 11 is 0. The van der Waals surface area contributed by atoms with Crippen LogP contribution in [0, 0.1) is 12.8 Å². The Morgan fingerprint density at radius 1 is 1.14 bits per heavy atom. The Morgan fingerprint density at radius 2 is 1.95 bits per heavy atom. The van der Waals surface area contributed by atoms with Gasteiger partial charge < -0.3 is 9.32 Å². The molecule has 1 aliphatic carbocycles. The lowest BCUT2D eigenvalue weighted by atomic mass is 9.89. The largest absolute Gasteiger partial charge is 0.465 e. The average Bonchev–Trinajstić information content (AvgIpc) is 2.86. The fraction of sp³-hybridized carbons (Fsp3) is 0.722. The zero-order valence-electron chi connectivity index (χ0n) is 13.7. The van der Waals surface area contributed by atoms with Gasteiger partial charge >= 0.3 is 0 Å². The van der Waals surface area contributed by atoms with Crippen molar-refractivity contribution in [3.63, 3.8) is 0 Å². The number of nitrogens with zero attached hydrogens (tertiary/aromatic N) is 2. The molecule has 4 heteroatoms. The number of hydrogen-bond donors (Lipinski definition) is 0. The van der Waals surface area contributed by atoms with Gasteiger partial charge in [0.05, 0.1) is 6.54 Å². The van der Waals surface area contributed by atoms with Crippen molar-refractivity contribution in [1.29, 1.82) is 0 Å². The molecule has 0 radical (unpaired) electrons. The number of furan rings is 1. The normalized spacial score (nSPS) is 22.0. The highest BCUT2D eigenvalue weighted by molar-refractivity contribution is 5.76. The van der Waals surface area contributed by atoms with Gasteiger partial charge in [-0.2, -0.15) is 0 Å². The number of rotatable bonds is 4. The molecule has 4 nitrogen and oxygen atoms in total. The van der Waals surface area contributed by atoms with Crippen molar-refractivity contribution in [2.75, 3.05) is 26.2 Å². The minimum absolute atomic E-state index is 0.337. The van der Waals surface area contributed by atoms with E-state index in [0.717, 1.165) is 50.2 Å². The van der Waals surface area contributed by atoms with E-state index in [0.29, 0.717) is 12.3 Å². The summed E-state index contributed by atoms with van der Waals surface area (Å²) < 4.78 is 5.66. The summed E-state index contributed by atoms with van der Waals surface area (Å²) in [6, 6.07) is 4.05. The Labute approximate surface area is 133 Å². The molecule has 0 unspecified atom stereocenters. The van der Waals surface area contributed by atoms with Crippen LogP contribution >= 0.6 is 0 Å². The Kier molecular flexibility index (Phi) is 5.19. The maximum atomic E-state index is 12.4. The van der Waals surface area contributed by atoms with Crippen molar-refractivity contribution in [2.24, 2.45) is 5.92 Å². The van der Waals surface area contributed by atoms with Crippen LogP contribution in [0.5, 0.6) is 0 Å². The molecule has 0 aromatic carbocycles. The second-order valence-electron chi connectivity index (χ2n) is 6.88. The van der Waals surface area contributed by atoms with Gasteiger partial charge in [0.15, 0.2) is 0 Å². The van der Waals surface area contributed by atoms with Crippen LogP contribution in [-0.4, -0.2) is 41.9 Å². The highest BCUT2D eigenvalue weighted by Crippen LogP contribution is 2.25. The van der Waals surface area contributed by atoms with E-state index < -0.39 is 0 Å². The van der Waals surface area contributed by atoms with Crippen molar-refractivity contribution in [1.82, 2.24) is 9.80 Å². The molecule has 1 aromatic heterocycles. The Hall–Kier alpha value is -1.29. The van der Waals surface area contributed by atoms with Crippen molar-refractivity contribution in [2.45, 2.75) is 52.0 Å². The van der Waals surface area contributed by atoms with E-state index in [2.05, 4.69) is 9.80 Å². The van der Waals surface area contributed by atoms with Gasteiger partial charge in [0.2, 0.25) is 5.91 Å². The average molecular weight is 304 g/mol. The van der Waals surface area contributed by atoms with E-state index in [1.165, 1.54) is 32.1 Å². The second-order valence-corrected chi connectivity index (χ2v) is 6.88. The van der Waals surface area contributed by atoms with Gasteiger partial charge in [0.25, 0.3) is 0 Å². The van der Waals surface area contributed by atoms with Crippen LogP contribution in [0.2, 0.25) is 0 Å².